The van der Waals surface area contributed by atoms with Gasteiger partial charge in [-0.15, -0.1) is 0 Å². The second-order valence-electron chi connectivity index (χ2n) is 8.03. The first kappa shape index (κ1) is 22.5. The number of nitrogens with one attached hydrogen (secondary N) is 2. The first-order valence-corrected chi connectivity index (χ1v) is 9.56. The van der Waals surface area contributed by atoms with Crippen molar-refractivity contribution in [3.8, 4) is 0 Å². The fraction of sp³-hybridized carbons (Fsp3) is 0.650. The molecule has 1 heterocycles. The van der Waals surface area contributed by atoms with Gasteiger partial charge < -0.3 is 15.4 Å². The van der Waals surface area contributed by atoms with Gasteiger partial charge in [-0.3, -0.25) is 4.90 Å². The summed E-state index contributed by atoms with van der Waals surface area (Å²) in [5.74, 6) is 0. The lowest BCUT2D eigenvalue weighted by Crippen LogP contribution is -2.59. The second kappa shape index (κ2) is 9.13. The van der Waals surface area contributed by atoms with Crippen LogP contribution in [0.25, 0.3) is 0 Å². The Hall–Kier alpha value is -1.80. The minimum Gasteiger partial charge on any atom is -0.373 e. The predicted molar refractivity (Wildman–Crippen MR) is 102 cm³/mol. The molecule has 1 saturated heterocycles. The molecular formula is C20H30F3N3O2. The third kappa shape index (κ3) is 6.67. The van der Waals surface area contributed by atoms with E-state index < -0.39 is 11.7 Å². The lowest BCUT2D eigenvalue weighted by atomic mass is 10.00. The molecule has 28 heavy (non-hydrogen) atoms. The Morgan fingerprint density at radius 1 is 1.11 bits per heavy atom. The molecular weight excluding hydrogens is 371 g/mol. The number of hydrogen-bond donors (Lipinski definition) is 2. The SMILES string of the molecule is C[C@@H]1CN(C(C)(C)CNC(=O)NCCc2ccc(C(F)(F)F)cc2)C[C@H](C)O1. The van der Waals surface area contributed by atoms with Crippen LogP contribution < -0.4 is 10.6 Å². The van der Waals surface area contributed by atoms with Crippen molar-refractivity contribution in [2.24, 2.45) is 0 Å². The zero-order chi connectivity index (χ0) is 20.9. The van der Waals surface area contributed by atoms with Gasteiger partial charge in [-0.05, 0) is 51.8 Å². The van der Waals surface area contributed by atoms with Crippen LogP contribution in [-0.4, -0.2) is 54.9 Å². The summed E-state index contributed by atoms with van der Waals surface area (Å²) in [4.78, 5) is 14.4. The Balaban J connectivity index is 1.73. The van der Waals surface area contributed by atoms with Gasteiger partial charge >= 0.3 is 12.2 Å². The Labute approximate surface area is 164 Å². The van der Waals surface area contributed by atoms with E-state index in [0.29, 0.717) is 19.5 Å². The Morgan fingerprint density at radius 2 is 1.68 bits per heavy atom. The lowest BCUT2D eigenvalue weighted by Gasteiger charge is -2.45. The van der Waals surface area contributed by atoms with Crippen molar-refractivity contribution in [3.63, 3.8) is 0 Å². The van der Waals surface area contributed by atoms with Gasteiger partial charge in [0.05, 0.1) is 17.8 Å². The number of nitrogens with zero attached hydrogens (tertiary/aromatic N) is 1. The van der Waals surface area contributed by atoms with Crippen molar-refractivity contribution in [1.82, 2.24) is 15.5 Å². The van der Waals surface area contributed by atoms with E-state index in [2.05, 4.69) is 29.4 Å². The van der Waals surface area contributed by atoms with Crippen molar-refractivity contribution in [2.45, 2.75) is 58.0 Å². The maximum atomic E-state index is 12.6. The van der Waals surface area contributed by atoms with Crippen LogP contribution in [-0.2, 0) is 17.3 Å². The summed E-state index contributed by atoms with van der Waals surface area (Å²) in [5.41, 5.74) is -0.141. The standard InChI is InChI=1S/C20H30F3N3O2/c1-14-11-26(12-15(2)28-14)19(3,4)13-25-18(27)24-10-9-16-5-7-17(8-6-16)20(21,22)23/h5-8,14-15H,9-13H2,1-4H3,(H2,24,25,27)/t14-,15+. The summed E-state index contributed by atoms with van der Waals surface area (Å²) in [5, 5.41) is 5.64. The Morgan fingerprint density at radius 3 is 2.21 bits per heavy atom. The normalized spacial score (nSPS) is 21.4. The first-order chi connectivity index (χ1) is 13.0. The van der Waals surface area contributed by atoms with Gasteiger partial charge in [0.25, 0.3) is 0 Å². The van der Waals surface area contributed by atoms with Gasteiger partial charge in [-0.1, -0.05) is 12.1 Å². The third-order valence-electron chi connectivity index (χ3n) is 4.94. The molecule has 0 spiro atoms. The lowest BCUT2D eigenvalue weighted by molar-refractivity contribution is -0.137. The molecule has 0 unspecified atom stereocenters. The van der Waals surface area contributed by atoms with Gasteiger partial charge in [0.15, 0.2) is 0 Å². The van der Waals surface area contributed by atoms with Crippen LogP contribution >= 0.6 is 0 Å². The van der Waals surface area contributed by atoms with Crippen LogP contribution in [0.1, 0.15) is 38.8 Å². The van der Waals surface area contributed by atoms with E-state index in [4.69, 9.17) is 4.74 Å². The number of halogens is 3. The highest BCUT2D eigenvalue weighted by Crippen LogP contribution is 2.29. The fourth-order valence-corrected chi connectivity index (χ4v) is 3.32. The highest BCUT2D eigenvalue weighted by molar-refractivity contribution is 5.73. The number of carbonyl (C=O) groups is 1. The molecule has 5 nitrogen and oxygen atoms in total. The van der Waals surface area contributed by atoms with E-state index in [9.17, 15) is 18.0 Å². The summed E-state index contributed by atoms with van der Waals surface area (Å²) in [6.45, 7) is 10.7. The molecule has 1 fully saturated rings. The number of rotatable bonds is 6. The smallest absolute Gasteiger partial charge is 0.373 e. The largest absolute Gasteiger partial charge is 0.416 e. The number of benzene rings is 1. The van der Waals surface area contributed by atoms with E-state index in [-0.39, 0.29) is 23.8 Å². The Kier molecular flexibility index (Phi) is 7.33. The number of alkyl halides is 3. The molecule has 1 aliphatic heterocycles. The van der Waals surface area contributed by atoms with Gasteiger partial charge in [0.1, 0.15) is 0 Å². The number of ether oxygens (including phenoxy) is 1. The van der Waals surface area contributed by atoms with Crippen LogP contribution in [0, 0.1) is 0 Å². The third-order valence-corrected chi connectivity index (χ3v) is 4.94. The quantitative estimate of drug-likeness (QED) is 0.768. The zero-order valence-corrected chi connectivity index (χ0v) is 16.9. The molecule has 1 aromatic rings. The number of hydrogen-bond acceptors (Lipinski definition) is 3. The van der Waals surface area contributed by atoms with E-state index in [1.807, 2.05) is 13.8 Å². The van der Waals surface area contributed by atoms with E-state index in [0.717, 1.165) is 30.8 Å². The average molecular weight is 401 g/mol. The second-order valence-corrected chi connectivity index (χ2v) is 8.03. The van der Waals surface area contributed by atoms with Gasteiger partial charge in [0.2, 0.25) is 0 Å². The van der Waals surface area contributed by atoms with E-state index >= 15 is 0 Å². The summed E-state index contributed by atoms with van der Waals surface area (Å²) < 4.78 is 43.4. The van der Waals surface area contributed by atoms with Crippen molar-refractivity contribution in [3.05, 3.63) is 35.4 Å². The molecule has 0 radical (unpaired) electrons. The fourth-order valence-electron chi connectivity index (χ4n) is 3.32. The maximum absolute atomic E-state index is 12.6. The van der Waals surface area contributed by atoms with Gasteiger partial charge in [-0.2, -0.15) is 13.2 Å². The number of morpholine rings is 1. The summed E-state index contributed by atoms with van der Waals surface area (Å²) >= 11 is 0. The van der Waals surface area contributed by atoms with Crippen LogP contribution in [0.15, 0.2) is 24.3 Å². The van der Waals surface area contributed by atoms with Gasteiger partial charge in [-0.25, -0.2) is 4.79 Å². The molecule has 2 amide bonds. The Bertz CT molecular complexity index is 637. The minimum absolute atomic E-state index is 0.153. The molecule has 1 aliphatic rings. The van der Waals surface area contributed by atoms with Crippen molar-refractivity contribution >= 4 is 6.03 Å². The van der Waals surface area contributed by atoms with Crippen LogP contribution in [0.3, 0.4) is 0 Å². The van der Waals surface area contributed by atoms with Gasteiger partial charge in [0, 0.05) is 31.7 Å². The molecule has 2 rings (SSSR count). The first-order valence-electron chi connectivity index (χ1n) is 9.56. The van der Waals surface area contributed by atoms with E-state index in [1.54, 1.807) is 0 Å². The molecule has 2 N–H and O–H groups in total. The van der Waals surface area contributed by atoms with Crippen molar-refractivity contribution in [2.75, 3.05) is 26.2 Å². The maximum Gasteiger partial charge on any atom is 0.416 e. The highest BCUT2D eigenvalue weighted by Gasteiger charge is 2.33. The molecule has 1 aromatic carbocycles. The van der Waals surface area contributed by atoms with Crippen molar-refractivity contribution in [1.29, 1.82) is 0 Å². The summed E-state index contributed by atoms with van der Waals surface area (Å²) in [6.07, 6.45) is -3.56. The topological polar surface area (TPSA) is 53.6 Å². The molecule has 0 aliphatic carbocycles. The zero-order valence-electron chi connectivity index (χ0n) is 16.9. The van der Waals surface area contributed by atoms with Crippen molar-refractivity contribution < 1.29 is 22.7 Å². The molecule has 158 valence electrons. The number of urea groups is 1. The summed E-state index contributed by atoms with van der Waals surface area (Å²) in [7, 11) is 0. The average Bonchev–Trinajstić information content (AvgIpc) is 2.59. The summed E-state index contributed by atoms with van der Waals surface area (Å²) in [6, 6.07) is 4.71. The molecule has 0 bridgehead atoms. The number of amides is 2. The number of carbonyl (C=O) groups excluding carboxylic acids is 1. The predicted octanol–water partition coefficient (Wildman–Crippen LogP) is 3.43. The van der Waals surface area contributed by atoms with Crippen LogP contribution in [0.4, 0.5) is 18.0 Å². The molecule has 8 heteroatoms. The molecule has 0 saturated carbocycles. The molecule has 0 aromatic heterocycles. The van der Waals surface area contributed by atoms with Crippen LogP contribution in [0.5, 0.6) is 0 Å². The van der Waals surface area contributed by atoms with E-state index in [1.165, 1.54) is 12.1 Å². The highest BCUT2D eigenvalue weighted by atomic mass is 19.4. The molecule has 2 atom stereocenters. The monoisotopic (exact) mass is 401 g/mol. The van der Waals surface area contributed by atoms with Crippen LogP contribution in [0.2, 0.25) is 0 Å². The minimum atomic E-state index is -4.33.